The minimum absolute atomic E-state index is 0.0711. The quantitative estimate of drug-likeness (QED) is 0.329. The zero-order chi connectivity index (χ0) is 24.6. The van der Waals surface area contributed by atoms with Gasteiger partial charge in [-0.2, -0.15) is 0 Å². The van der Waals surface area contributed by atoms with Crippen LogP contribution in [0.25, 0.3) is 11.2 Å². The van der Waals surface area contributed by atoms with E-state index in [1.165, 1.54) is 38.8 Å². The molecular weight excluding hydrogens is 436 g/mol. The molecule has 7 heteroatoms. The third-order valence-corrected chi connectivity index (χ3v) is 6.92. The monoisotopic (exact) mass is 476 g/mol. The predicted molar refractivity (Wildman–Crippen MR) is 145 cm³/mol. The lowest BCUT2D eigenvalue weighted by molar-refractivity contribution is 0.101. The zero-order valence-corrected chi connectivity index (χ0v) is 21.6. The standard InChI is InChI=1S/C28H40N6O/c1-4-6-20-33(5-2)26-16-15-25-27(31-26)34(21-10-19-32-17-8-7-9-18-32)28(30-25)29-24-13-11-23(12-14-24)22(3)35/h11-16H,4-10,17-21H2,1-3H3,(H,29,30). The lowest BCUT2D eigenvalue weighted by Crippen LogP contribution is -2.31. The van der Waals surface area contributed by atoms with Gasteiger partial charge in [-0.05, 0) is 95.6 Å². The Morgan fingerprint density at radius 1 is 0.971 bits per heavy atom. The summed E-state index contributed by atoms with van der Waals surface area (Å²) in [5.74, 6) is 1.89. The van der Waals surface area contributed by atoms with Gasteiger partial charge in [0.2, 0.25) is 5.95 Å². The molecule has 1 aromatic carbocycles. The summed E-state index contributed by atoms with van der Waals surface area (Å²) in [6.45, 7) is 12.3. The number of imidazole rings is 1. The first-order valence-electron chi connectivity index (χ1n) is 13.3. The van der Waals surface area contributed by atoms with Crippen molar-refractivity contribution in [2.75, 3.05) is 42.9 Å². The zero-order valence-electron chi connectivity index (χ0n) is 21.6. The molecule has 0 spiro atoms. The molecule has 188 valence electrons. The minimum Gasteiger partial charge on any atom is -0.357 e. The number of nitrogens with one attached hydrogen (secondary N) is 1. The summed E-state index contributed by atoms with van der Waals surface area (Å²) in [6.07, 6.45) is 7.37. The van der Waals surface area contributed by atoms with Gasteiger partial charge in [0.05, 0.1) is 0 Å². The molecule has 0 saturated carbocycles. The van der Waals surface area contributed by atoms with Crippen LogP contribution in [0.15, 0.2) is 36.4 Å². The number of unbranched alkanes of at least 4 members (excludes halogenated alkanes) is 1. The van der Waals surface area contributed by atoms with Crippen LogP contribution in [-0.2, 0) is 6.54 Å². The highest BCUT2D eigenvalue weighted by atomic mass is 16.1. The molecule has 0 bridgehead atoms. The number of aryl methyl sites for hydroxylation is 1. The Balaban J connectivity index is 1.61. The van der Waals surface area contributed by atoms with Crippen LogP contribution in [0.3, 0.4) is 0 Å². The molecule has 1 fully saturated rings. The van der Waals surface area contributed by atoms with Crippen molar-refractivity contribution < 1.29 is 4.79 Å². The highest BCUT2D eigenvalue weighted by Gasteiger charge is 2.16. The largest absolute Gasteiger partial charge is 0.357 e. The number of benzene rings is 1. The molecule has 3 heterocycles. The highest BCUT2D eigenvalue weighted by Crippen LogP contribution is 2.25. The van der Waals surface area contributed by atoms with E-state index >= 15 is 0 Å². The predicted octanol–water partition coefficient (Wildman–Crippen LogP) is 5.88. The number of nitrogens with zero attached hydrogens (tertiary/aromatic N) is 5. The van der Waals surface area contributed by atoms with Crippen LogP contribution in [0.2, 0.25) is 0 Å². The molecule has 0 unspecified atom stereocenters. The topological polar surface area (TPSA) is 66.3 Å². The molecule has 2 aromatic heterocycles. The van der Waals surface area contributed by atoms with Gasteiger partial charge in [0.25, 0.3) is 0 Å². The van der Waals surface area contributed by atoms with Gasteiger partial charge in [-0.25, -0.2) is 9.97 Å². The number of pyridine rings is 1. The summed E-state index contributed by atoms with van der Waals surface area (Å²) < 4.78 is 2.23. The van der Waals surface area contributed by atoms with Crippen molar-refractivity contribution in [3.8, 4) is 0 Å². The second-order valence-electron chi connectivity index (χ2n) is 9.55. The summed E-state index contributed by atoms with van der Waals surface area (Å²) in [4.78, 5) is 26.6. The van der Waals surface area contributed by atoms with Crippen LogP contribution in [0.5, 0.6) is 0 Å². The Morgan fingerprint density at radius 2 is 1.74 bits per heavy atom. The van der Waals surface area contributed by atoms with Crippen LogP contribution in [-0.4, -0.2) is 57.9 Å². The summed E-state index contributed by atoms with van der Waals surface area (Å²) in [6, 6.07) is 11.8. The number of Topliss-reactive ketones (excluding diaryl/α,β-unsaturated/α-hetero) is 1. The third kappa shape index (κ3) is 6.40. The number of anilines is 3. The Hall–Kier alpha value is -2.93. The Kier molecular flexibility index (Phi) is 8.74. The van der Waals surface area contributed by atoms with E-state index in [1.807, 2.05) is 24.3 Å². The molecule has 0 radical (unpaired) electrons. The summed E-state index contributed by atoms with van der Waals surface area (Å²) >= 11 is 0. The van der Waals surface area contributed by atoms with Crippen molar-refractivity contribution in [1.82, 2.24) is 19.4 Å². The van der Waals surface area contributed by atoms with Crippen molar-refractivity contribution in [2.45, 2.75) is 65.8 Å². The number of hydrogen-bond acceptors (Lipinski definition) is 6. The van der Waals surface area contributed by atoms with Crippen LogP contribution in [0, 0.1) is 0 Å². The van der Waals surface area contributed by atoms with Crippen molar-refractivity contribution in [3.63, 3.8) is 0 Å². The number of carbonyl (C=O) groups is 1. The SMILES string of the molecule is CCCCN(CC)c1ccc2nc(Nc3ccc(C(C)=O)cc3)n(CCCN3CCCCC3)c2n1. The first-order valence-corrected chi connectivity index (χ1v) is 13.3. The van der Waals surface area contributed by atoms with Gasteiger partial charge in [-0.1, -0.05) is 19.8 Å². The van der Waals surface area contributed by atoms with E-state index in [1.54, 1.807) is 6.92 Å². The third-order valence-electron chi connectivity index (χ3n) is 6.92. The number of carbonyl (C=O) groups excluding carboxylic acids is 1. The van der Waals surface area contributed by atoms with E-state index in [4.69, 9.17) is 9.97 Å². The van der Waals surface area contributed by atoms with Crippen molar-refractivity contribution >= 4 is 34.4 Å². The van der Waals surface area contributed by atoms with Crippen LogP contribution in [0.1, 0.15) is 69.7 Å². The maximum Gasteiger partial charge on any atom is 0.209 e. The van der Waals surface area contributed by atoms with Crippen molar-refractivity contribution in [1.29, 1.82) is 0 Å². The van der Waals surface area contributed by atoms with E-state index in [2.05, 4.69) is 45.7 Å². The molecule has 0 atom stereocenters. The molecule has 7 nitrogen and oxygen atoms in total. The van der Waals surface area contributed by atoms with Gasteiger partial charge in [0.15, 0.2) is 11.4 Å². The number of ketones is 1. The fraction of sp³-hybridized carbons (Fsp3) is 0.536. The van der Waals surface area contributed by atoms with E-state index in [9.17, 15) is 4.79 Å². The molecule has 1 N–H and O–H groups in total. The van der Waals surface area contributed by atoms with Gasteiger partial charge in [-0.15, -0.1) is 0 Å². The lowest BCUT2D eigenvalue weighted by Gasteiger charge is -2.26. The van der Waals surface area contributed by atoms with Gasteiger partial charge in [0.1, 0.15) is 11.3 Å². The maximum absolute atomic E-state index is 11.7. The van der Waals surface area contributed by atoms with E-state index in [0.717, 1.165) is 67.6 Å². The number of fused-ring (bicyclic) bond motifs is 1. The van der Waals surface area contributed by atoms with E-state index < -0.39 is 0 Å². The smallest absolute Gasteiger partial charge is 0.209 e. The Morgan fingerprint density at radius 3 is 2.43 bits per heavy atom. The van der Waals surface area contributed by atoms with Crippen LogP contribution < -0.4 is 10.2 Å². The molecule has 1 saturated heterocycles. The molecule has 0 amide bonds. The number of rotatable bonds is 12. The number of likely N-dealkylation sites (tertiary alicyclic amines) is 1. The van der Waals surface area contributed by atoms with Crippen molar-refractivity contribution in [2.24, 2.45) is 0 Å². The summed E-state index contributed by atoms with van der Waals surface area (Å²) in [5, 5.41) is 3.49. The average Bonchev–Trinajstić information content (AvgIpc) is 3.22. The number of aromatic nitrogens is 3. The second-order valence-corrected chi connectivity index (χ2v) is 9.55. The highest BCUT2D eigenvalue weighted by molar-refractivity contribution is 5.94. The van der Waals surface area contributed by atoms with Gasteiger partial charge in [-0.3, -0.25) is 9.36 Å². The Labute approximate surface area is 209 Å². The molecule has 1 aliphatic rings. The molecule has 35 heavy (non-hydrogen) atoms. The Bertz CT molecular complexity index is 1100. The number of piperidine rings is 1. The average molecular weight is 477 g/mol. The molecule has 0 aliphatic carbocycles. The van der Waals surface area contributed by atoms with Crippen LogP contribution >= 0.6 is 0 Å². The minimum atomic E-state index is 0.0711. The lowest BCUT2D eigenvalue weighted by atomic mass is 10.1. The van der Waals surface area contributed by atoms with Crippen LogP contribution in [0.4, 0.5) is 17.5 Å². The fourth-order valence-corrected chi connectivity index (χ4v) is 4.81. The van der Waals surface area contributed by atoms with E-state index in [-0.39, 0.29) is 5.78 Å². The normalized spacial score (nSPS) is 14.4. The molecule has 4 rings (SSSR count). The van der Waals surface area contributed by atoms with Gasteiger partial charge in [0, 0.05) is 30.9 Å². The molecular formula is C28H40N6O. The first kappa shape index (κ1) is 25.2. The fourth-order valence-electron chi connectivity index (χ4n) is 4.81. The second kappa shape index (κ2) is 12.2. The summed E-state index contributed by atoms with van der Waals surface area (Å²) in [7, 11) is 0. The van der Waals surface area contributed by atoms with Gasteiger partial charge >= 0.3 is 0 Å². The first-order chi connectivity index (χ1) is 17.1. The molecule has 1 aliphatic heterocycles. The molecule has 3 aromatic rings. The van der Waals surface area contributed by atoms with Gasteiger partial charge < -0.3 is 15.1 Å². The summed E-state index contributed by atoms with van der Waals surface area (Å²) in [5.41, 5.74) is 3.46. The van der Waals surface area contributed by atoms with Crippen molar-refractivity contribution in [3.05, 3.63) is 42.0 Å². The number of hydrogen-bond donors (Lipinski definition) is 1. The van der Waals surface area contributed by atoms with E-state index in [0.29, 0.717) is 5.56 Å². The maximum atomic E-state index is 11.7.